The van der Waals surface area contributed by atoms with Crippen LogP contribution in [0.15, 0.2) is 18.2 Å². The molecule has 1 saturated heterocycles. The van der Waals surface area contributed by atoms with Crippen molar-refractivity contribution in [2.45, 2.75) is 45.8 Å². The van der Waals surface area contributed by atoms with Gasteiger partial charge >= 0.3 is 0 Å². The van der Waals surface area contributed by atoms with Crippen LogP contribution in [-0.2, 0) is 9.53 Å². The predicted octanol–water partition coefficient (Wildman–Crippen LogP) is 2.66. The molecule has 1 aromatic carbocycles. The van der Waals surface area contributed by atoms with E-state index < -0.39 is 0 Å². The van der Waals surface area contributed by atoms with Crippen molar-refractivity contribution < 1.29 is 9.53 Å². The molecular weight excluding hydrogens is 226 g/mol. The van der Waals surface area contributed by atoms with Gasteiger partial charge in [-0.1, -0.05) is 18.2 Å². The van der Waals surface area contributed by atoms with Crippen LogP contribution < -0.4 is 5.32 Å². The molecule has 3 nitrogen and oxygen atoms in total. The number of hydrogen-bond acceptors (Lipinski definition) is 2. The molecule has 1 aliphatic rings. The van der Waals surface area contributed by atoms with Crippen molar-refractivity contribution in [1.82, 2.24) is 5.32 Å². The highest BCUT2D eigenvalue weighted by Gasteiger charge is 2.24. The minimum Gasteiger partial charge on any atom is -0.368 e. The Bertz CT molecular complexity index is 436. The largest absolute Gasteiger partial charge is 0.368 e. The molecule has 1 aliphatic heterocycles. The Morgan fingerprint density at radius 1 is 1.39 bits per heavy atom. The highest BCUT2D eigenvalue weighted by Crippen LogP contribution is 2.18. The minimum absolute atomic E-state index is 0.0122. The molecule has 0 aliphatic carbocycles. The standard InChI is InChI=1S/C15H21NO2/c1-10-6-7-13(9-11(10)2)12(3)16-15(17)14-5-4-8-18-14/h6-7,9,12,14H,4-5,8H2,1-3H3,(H,16,17)/t12-,14+/m0/s1. The molecule has 2 rings (SSSR count). The maximum Gasteiger partial charge on any atom is 0.249 e. The summed E-state index contributed by atoms with van der Waals surface area (Å²) in [5.41, 5.74) is 3.67. The molecule has 0 bridgehead atoms. The molecule has 1 fully saturated rings. The number of carbonyl (C=O) groups excluding carboxylic acids is 1. The molecule has 18 heavy (non-hydrogen) atoms. The molecule has 2 atom stereocenters. The summed E-state index contributed by atoms with van der Waals surface area (Å²) in [5, 5.41) is 3.02. The molecule has 1 heterocycles. The van der Waals surface area contributed by atoms with E-state index in [1.54, 1.807) is 0 Å². The fourth-order valence-electron chi connectivity index (χ4n) is 2.21. The van der Waals surface area contributed by atoms with Crippen LogP contribution in [0.1, 0.15) is 42.5 Å². The van der Waals surface area contributed by atoms with Crippen LogP contribution in [0.25, 0.3) is 0 Å². The van der Waals surface area contributed by atoms with E-state index >= 15 is 0 Å². The van der Waals surface area contributed by atoms with Gasteiger partial charge < -0.3 is 10.1 Å². The van der Waals surface area contributed by atoms with Crippen molar-refractivity contribution in [3.63, 3.8) is 0 Å². The topological polar surface area (TPSA) is 38.3 Å². The maximum atomic E-state index is 11.9. The van der Waals surface area contributed by atoms with Gasteiger partial charge in [0, 0.05) is 6.61 Å². The van der Waals surface area contributed by atoms with E-state index in [4.69, 9.17) is 4.74 Å². The highest BCUT2D eigenvalue weighted by molar-refractivity contribution is 5.81. The second kappa shape index (κ2) is 5.53. The summed E-state index contributed by atoms with van der Waals surface area (Å²) in [5.74, 6) is 0.0122. The smallest absolute Gasteiger partial charge is 0.249 e. The normalized spacial score (nSPS) is 20.7. The number of nitrogens with one attached hydrogen (secondary N) is 1. The average molecular weight is 247 g/mol. The second-order valence-electron chi connectivity index (χ2n) is 5.08. The third-order valence-corrected chi connectivity index (χ3v) is 3.61. The van der Waals surface area contributed by atoms with Crippen molar-refractivity contribution in [2.75, 3.05) is 6.61 Å². The third kappa shape index (κ3) is 2.91. The summed E-state index contributed by atoms with van der Waals surface area (Å²) in [6, 6.07) is 6.33. The molecule has 1 N–H and O–H groups in total. The van der Waals surface area contributed by atoms with Crippen LogP contribution in [-0.4, -0.2) is 18.6 Å². The molecule has 1 aromatic rings. The van der Waals surface area contributed by atoms with Gasteiger partial charge in [-0.3, -0.25) is 4.79 Å². The fraction of sp³-hybridized carbons (Fsp3) is 0.533. The monoisotopic (exact) mass is 247 g/mol. The van der Waals surface area contributed by atoms with Crippen LogP contribution in [0, 0.1) is 13.8 Å². The molecule has 3 heteroatoms. The first kappa shape index (κ1) is 13.1. The predicted molar refractivity (Wildman–Crippen MR) is 71.4 cm³/mol. The number of carbonyl (C=O) groups is 1. The lowest BCUT2D eigenvalue weighted by Gasteiger charge is -2.18. The molecule has 0 spiro atoms. The zero-order valence-electron chi connectivity index (χ0n) is 11.3. The van der Waals surface area contributed by atoms with Crippen LogP contribution in [0.5, 0.6) is 0 Å². The van der Waals surface area contributed by atoms with Gasteiger partial charge in [-0.05, 0) is 50.3 Å². The number of ether oxygens (including phenoxy) is 1. The maximum absolute atomic E-state index is 11.9. The summed E-state index contributed by atoms with van der Waals surface area (Å²) >= 11 is 0. The van der Waals surface area contributed by atoms with Gasteiger partial charge in [0.15, 0.2) is 0 Å². The van der Waals surface area contributed by atoms with Gasteiger partial charge in [0.25, 0.3) is 0 Å². The number of aryl methyl sites for hydroxylation is 2. The minimum atomic E-state index is -0.251. The zero-order chi connectivity index (χ0) is 13.1. The van der Waals surface area contributed by atoms with Gasteiger partial charge in [-0.15, -0.1) is 0 Å². The molecule has 0 saturated carbocycles. The lowest BCUT2D eigenvalue weighted by atomic mass is 10.0. The number of benzene rings is 1. The Balaban J connectivity index is 2.00. The molecular formula is C15H21NO2. The zero-order valence-corrected chi connectivity index (χ0v) is 11.3. The van der Waals surface area contributed by atoms with Gasteiger partial charge in [-0.25, -0.2) is 0 Å². The van der Waals surface area contributed by atoms with E-state index in [0.29, 0.717) is 6.61 Å². The number of hydrogen-bond donors (Lipinski definition) is 1. The molecule has 0 radical (unpaired) electrons. The van der Waals surface area contributed by atoms with E-state index in [1.807, 2.05) is 6.92 Å². The molecule has 0 unspecified atom stereocenters. The summed E-state index contributed by atoms with van der Waals surface area (Å²) in [6.07, 6.45) is 1.57. The summed E-state index contributed by atoms with van der Waals surface area (Å²) in [4.78, 5) is 11.9. The van der Waals surface area contributed by atoms with Crippen LogP contribution >= 0.6 is 0 Å². The first-order valence-corrected chi connectivity index (χ1v) is 6.57. The summed E-state index contributed by atoms with van der Waals surface area (Å²) in [6.45, 7) is 6.90. The van der Waals surface area contributed by atoms with Crippen molar-refractivity contribution >= 4 is 5.91 Å². The number of rotatable bonds is 3. The van der Waals surface area contributed by atoms with Crippen LogP contribution in [0.4, 0.5) is 0 Å². The van der Waals surface area contributed by atoms with Gasteiger partial charge in [0.05, 0.1) is 6.04 Å². The van der Waals surface area contributed by atoms with E-state index in [9.17, 15) is 4.79 Å². The SMILES string of the molecule is Cc1ccc([C@H](C)NC(=O)[C@H]2CCCO2)cc1C. The van der Waals surface area contributed by atoms with Gasteiger partial charge in [0.2, 0.25) is 5.91 Å². The van der Waals surface area contributed by atoms with Gasteiger partial charge in [-0.2, -0.15) is 0 Å². The van der Waals surface area contributed by atoms with Crippen LogP contribution in [0.3, 0.4) is 0 Å². The first-order valence-electron chi connectivity index (χ1n) is 6.57. The Kier molecular flexibility index (Phi) is 4.02. The molecule has 1 amide bonds. The summed E-state index contributed by atoms with van der Waals surface area (Å²) in [7, 11) is 0. The van der Waals surface area contributed by atoms with Gasteiger partial charge in [0.1, 0.15) is 6.10 Å². The van der Waals surface area contributed by atoms with E-state index in [-0.39, 0.29) is 18.1 Å². The van der Waals surface area contributed by atoms with E-state index in [0.717, 1.165) is 18.4 Å². The van der Waals surface area contributed by atoms with Crippen molar-refractivity contribution in [3.05, 3.63) is 34.9 Å². The molecule has 98 valence electrons. The first-order chi connectivity index (χ1) is 8.58. The Morgan fingerprint density at radius 3 is 2.78 bits per heavy atom. The Hall–Kier alpha value is -1.35. The number of amides is 1. The van der Waals surface area contributed by atoms with Crippen molar-refractivity contribution in [3.8, 4) is 0 Å². The Morgan fingerprint density at radius 2 is 2.17 bits per heavy atom. The third-order valence-electron chi connectivity index (χ3n) is 3.61. The molecule has 0 aromatic heterocycles. The van der Waals surface area contributed by atoms with Crippen LogP contribution in [0.2, 0.25) is 0 Å². The van der Waals surface area contributed by atoms with Crippen molar-refractivity contribution in [2.24, 2.45) is 0 Å². The lowest BCUT2D eigenvalue weighted by Crippen LogP contribution is -2.35. The van der Waals surface area contributed by atoms with Crippen molar-refractivity contribution in [1.29, 1.82) is 0 Å². The summed E-state index contributed by atoms with van der Waals surface area (Å²) < 4.78 is 5.38. The quantitative estimate of drug-likeness (QED) is 0.891. The lowest BCUT2D eigenvalue weighted by molar-refractivity contribution is -0.130. The van der Waals surface area contributed by atoms with E-state index in [2.05, 4.69) is 37.4 Å². The second-order valence-corrected chi connectivity index (χ2v) is 5.08. The van der Waals surface area contributed by atoms with E-state index in [1.165, 1.54) is 11.1 Å². The fourth-order valence-corrected chi connectivity index (χ4v) is 2.21. The Labute approximate surface area is 109 Å². The highest BCUT2D eigenvalue weighted by atomic mass is 16.5. The average Bonchev–Trinajstić information content (AvgIpc) is 2.86.